The van der Waals surface area contributed by atoms with E-state index in [-0.39, 0.29) is 17.9 Å². The van der Waals surface area contributed by atoms with E-state index in [1.165, 1.54) is 11.5 Å². The molecular weight excluding hydrogens is 396 g/mol. The largest absolute Gasteiger partial charge is 0.326 e. The summed E-state index contributed by atoms with van der Waals surface area (Å²) >= 11 is 1.30. The third kappa shape index (κ3) is 4.95. The SMILES string of the molecule is CC(C)(C)S(=O)(=O)NC1CCC(C(=O)Nc2ccc(-c3csnn3)cc2)CC1. The number of benzene rings is 1. The monoisotopic (exact) mass is 422 g/mol. The first-order valence-electron chi connectivity index (χ1n) is 9.36. The Morgan fingerprint density at radius 2 is 1.75 bits per heavy atom. The summed E-state index contributed by atoms with van der Waals surface area (Å²) in [5, 5.41) is 8.87. The van der Waals surface area contributed by atoms with Crippen molar-refractivity contribution in [2.24, 2.45) is 5.92 Å². The molecule has 152 valence electrons. The molecule has 0 atom stereocenters. The summed E-state index contributed by atoms with van der Waals surface area (Å²) in [6.45, 7) is 5.06. The molecule has 1 heterocycles. The molecule has 1 amide bonds. The number of anilines is 1. The van der Waals surface area contributed by atoms with Gasteiger partial charge in [0.2, 0.25) is 15.9 Å². The lowest BCUT2D eigenvalue weighted by molar-refractivity contribution is -0.120. The van der Waals surface area contributed by atoms with Gasteiger partial charge in [0, 0.05) is 28.6 Å². The van der Waals surface area contributed by atoms with Gasteiger partial charge in [-0.15, -0.1) is 5.10 Å². The number of aromatic nitrogens is 2. The van der Waals surface area contributed by atoms with Crippen molar-refractivity contribution in [1.29, 1.82) is 0 Å². The van der Waals surface area contributed by atoms with E-state index in [0.717, 1.165) is 16.9 Å². The third-order valence-corrected chi connectivity index (χ3v) is 7.79. The molecule has 1 aliphatic rings. The molecule has 0 radical (unpaired) electrons. The minimum atomic E-state index is -3.37. The second-order valence-corrected chi connectivity index (χ2v) is 11.2. The summed E-state index contributed by atoms with van der Waals surface area (Å²) in [5.41, 5.74) is 2.52. The van der Waals surface area contributed by atoms with Gasteiger partial charge in [0.05, 0.1) is 4.75 Å². The van der Waals surface area contributed by atoms with Crippen molar-refractivity contribution in [3.63, 3.8) is 0 Å². The average molecular weight is 423 g/mol. The van der Waals surface area contributed by atoms with Gasteiger partial charge in [-0.1, -0.05) is 16.6 Å². The number of hydrogen-bond acceptors (Lipinski definition) is 6. The number of sulfonamides is 1. The van der Waals surface area contributed by atoms with Crippen molar-refractivity contribution < 1.29 is 13.2 Å². The van der Waals surface area contributed by atoms with E-state index < -0.39 is 14.8 Å². The number of amides is 1. The normalized spacial score (nSPS) is 20.7. The molecule has 0 spiro atoms. The molecule has 1 aromatic heterocycles. The molecule has 9 heteroatoms. The lowest BCUT2D eigenvalue weighted by Gasteiger charge is -2.30. The summed E-state index contributed by atoms with van der Waals surface area (Å²) in [4.78, 5) is 12.6. The van der Waals surface area contributed by atoms with Gasteiger partial charge in [-0.25, -0.2) is 13.1 Å². The van der Waals surface area contributed by atoms with Crippen LogP contribution in [0.4, 0.5) is 5.69 Å². The van der Waals surface area contributed by atoms with Crippen LogP contribution in [0.25, 0.3) is 11.3 Å². The Kier molecular flexibility index (Phi) is 6.16. The van der Waals surface area contributed by atoms with Crippen molar-refractivity contribution in [1.82, 2.24) is 14.3 Å². The number of carbonyl (C=O) groups is 1. The molecule has 1 saturated carbocycles. The summed E-state index contributed by atoms with van der Waals surface area (Å²) in [5.74, 6) is -0.113. The first-order chi connectivity index (χ1) is 13.2. The number of hydrogen-bond donors (Lipinski definition) is 2. The molecule has 3 rings (SSSR count). The number of nitrogens with zero attached hydrogens (tertiary/aromatic N) is 2. The Bertz CT molecular complexity index is 896. The fourth-order valence-electron chi connectivity index (χ4n) is 3.13. The molecule has 2 N–H and O–H groups in total. The van der Waals surface area contributed by atoms with Gasteiger partial charge in [0.1, 0.15) is 5.69 Å². The van der Waals surface area contributed by atoms with Crippen LogP contribution in [-0.4, -0.2) is 34.7 Å². The molecule has 1 aromatic carbocycles. The second kappa shape index (κ2) is 8.26. The van der Waals surface area contributed by atoms with Crippen molar-refractivity contribution in [2.45, 2.75) is 57.2 Å². The molecule has 1 aliphatic carbocycles. The predicted octanol–water partition coefficient (Wildman–Crippen LogP) is 3.42. The predicted molar refractivity (Wildman–Crippen MR) is 112 cm³/mol. The van der Waals surface area contributed by atoms with Crippen LogP contribution in [0.5, 0.6) is 0 Å². The van der Waals surface area contributed by atoms with Crippen LogP contribution < -0.4 is 10.0 Å². The zero-order valence-corrected chi connectivity index (χ0v) is 17.9. The highest BCUT2D eigenvalue weighted by Crippen LogP contribution is 2.28. The number of carbonyl (C=O) groups excluding carboxylic acids is 1. The van der Waals surface area contributed by atoms with Crippen LogP contribution in [-0.2, 0) is 14.8 Å². The first-order valence-corrected chi connectivity index (χ1v) is 11.7. The van der Waals surface area contributed by atoms with E-state index in [1.807, 2.05) is 29.6 Å². The molecule has 0 bridgehead atoms. The number of rotatable bonds is 5. The molecule has 0 unspecified atom stereocenters. The Labute approximate surface area is 170 Å². The fraction of sp³-hybridized carbons (Fsp3) is 0.526. The lowest BCUT2D eigenvalue weighted by atomic mass is 9.86. The van der Waals surface area contributed by atoms with Gasteiger partial charge in [-0.3, -0.25) is 4.79 Å². The standard InChI is InChI=1S/C19H26N4O3S2/c1-19(2,3)28(25,26)22-16-10-6-14(7-11-16)18(24)20-15-8-4-13(5-9-15)17-12-27-23-21-17/h4-5,8-9,12,14,16,22H,6-7,10-11H2,1-3H3,(H,20,24). The quantitative estimate of drug-likeness (QED) is 0.769. The summed E-state index contributed by atoms with van der Waals surface area (Å²) < 4.78 is 30.4. The van der Waals surface area contributed by atoms with Crippen molar-refractivity contribution in [3.05, 3.63) is 29.6 Å². The van der Waals surface area contributed by atoms with E-state index in [9.17, 15) is 13.2 Å². The van der Waals surface area contributed by atoms with Crippen LogP contribution in [0.3, 0.4) is 0 Å². The minimum Gasteiger partial charge on any atom is -0.326 e. The zero-order chi connectivity index (χ0) is 20.4. The van der Waals surface area contributed by atoms with Crippen LogP contribution in [0, 0.1) is 5.92 Å². The fourth-order valence-corrected chi connectivity index (χ4v) is 4.62. The second-order valence-electron chi connectivity index (χ2n) is 8.14. The van der Waals surface area contributed by atoms with E-state index in [0.29, 0.717) is 25.7 Å². The molecule has 2 aromatic rings. The molecule has 1 fully saturated rings. The average Bonchev–Trinajstić information content (AvgIpc) is 3.16. The van der Waals surface area contributed by atoms with Crippen LogP contribution in [0.15, 0.2) is 29.6 Å². The topological polar surface area (TPSA) is 101 Å². The molecule has 0 saturated heterocycles. The highest BCUT2D eigenvalue weighted by Gasteiger charge is 2.34. The van der Waals surface area contributed by atoms with Gasteiger partial charge >= 0.3 is 0 Å². The number of nitrogens with one attached hydrogen (secondary N) is 2. The first kappa shape index (κ1) is 20.9. The Balaban J connectivity index is 1.51. The zero-order valence-electron chi connectivity index (χ0n) is 16.3. The maximum Gasteiger partial charge on any atom is 0.227 e. The Hall–Kier alpha value is -1.84. The van der Waals surface area contributed by atoms with Crippen molar-refractivity contribution >= 4 is 33.2 Å². The highest BCUT2D eigenvalue weighted by atomic mass is 32.2. The Morgan fingerprint density at radius 1 is 1.11 bits per heavy atom. The van der Waals surface area contributed by atoms with E-state index in [4.69, 9.17) is 0 Å². The van der Waals surface area contributed by atoms with Crippen LogP contribution in [0.2, 0.25) is 0 Å². The summed E-state index contributed by atoms with van der Waals surface area (Å²) in [6.07, 6.45) is 2.68. The van der Waals surface area contributed by atoms with E-state index in [1.54, 1.807) is 20.8 Å². The van der Waals surface area contributed by atoms with E-state index >= 15 is 0 Å². The maximum absolute atomic E-state index is 12.6. The van der Waals surface area contributed by atoms with Crippen molar-refractivity contribution in [2.75, 3.05) is 5.32 Å². The van der Waals surface area contributed by atoms with Gasteiger partial charge in [0.25, 0.3) is 0 Å². The minimum absolute atomic E-state index is 0.0137. The van der Waals surface area contributed by atoms with Gasteiger partial charge in [0.15, 0.2) is 0 Å². The Morgan fingerprint density at radius 3 is 2.29 bits per heavy atom. The molecular formula is C19H26N4O3S2. The van der Waals surface area contributed by atoms with Gasteiger partial charge in [-0.05, 0) is 70.1 Å². The van der Waals surface area contributed by atoms with Gasteiger partial charge in [-0.2, -0.15) is 0 Å². The molecule has 28 heavy (non-hydrogen) atoms. The molecule has 7 nitrogen and oxygen atoms in total. The maximum atomic E-state index is 12.6. The van der Waals surface area contributed by atoms with Crippen LogP contribution in [0.1, 0.15) is 46.5 Å². The lowest BCUT2D eigenvalue weighted by Crippen LogP contribution is -2.46. The molecule has 0 aliphatic heterocycles. The van der Waals surface area contributed by atoms with Gasteiger partial charge < -0.3 is 5.32 Å². The van der Waals surface area contributed by atoms with Crippen molar-refractivity contribution in [3.8, 4) is 11.3 Å². The highest BCUT2D eigenvalue weighted by molar-refractivity contribution is 7.90. The third-order valence-electron chi connectivity index (χ3n) is 5.03. The van der Waals surface area contributed by atoms with E-state index in [2.05, 4.69) is 19.6 Å². The van der Waals surface area contributed by atoms with Crippen LogP contribution >= 0.6 is 11.5 Å². The smallest absolute Gasteiger partial charge is 0.227 e. The summed E-state index contributed by atoms with van der Waals surface area (Å²) in [6, 6.07) is 7.43. The summed E-state index contributed by atoms with van der Waals surface area (Å²) in [7, 11) is -3.37.